The minimum absolute atomic E-state index is 0. The fraction of sp³-hybridized carbons (Fsp3) is 0.278. The van der Waals surface area contributed by atoms with Crippen LogP contribution in [-0.2, 0) is 6.54 Å². The van der Waals surface area contributed by atoms with Crippen LogP contribution in [0.25, 0.3) is 0 Å². The molecular formula is C18H22ClFIN3O. The number of benzene rings is 2. The van der Waals surface area contributed by atoms with Crippen molar-refractivity contribution in [3.05, 3.63) is 70.5 Å². The van der Waals surface area contributed by atoms with Gasteiger partial charge in [-0.25, -0.2) is 9.38 Å². The molecule has 0 spiro atoms. The van der Waals surface area contributed by atoms with Crippen LogP contribution in [-0.4, -0.2) is 24.2 Å². The highest BCUT2D eigenvalue weighted by Gasteiger charge is 2.08. The molecule has 25 heavy (non-hydrogen) atoms. The van der Waals surface area contributed by atoms with Crippen molar-refractivity contribution in [2.24, 2.45) is 4.99 Å². The summed E-state index contributed by atoms with van der Waals surface area (Å²) in [5.74, 6) is 0.257. The predicted molar refractivity (Wildman–Crippen MR) is 111 cm³/mol. The molecule has 136 valence electrons. The van der Waals surface area contributed by atoms with Gasteiger partial charge in [-0.05, 0) is 36.2 Å². The average molecular weight is 478 g/mol. The monoisotopic (exact) mass is 477 g/mol. The van der Waals surface area contributed by atoms with E-state index in [1.165, 1.54) is 12.1 Å². The van der Waals surface area contributed by atoms with E-state index in [9.17, 15) is 9.50 Å². The molecule has 0 amide bonds. The first-order valence-corrected chi connectivity index (χ1v) is 8.17. The molecule has 2 aromatic carbocycles. The molecule has 0 aromatic heterocycles. The average Bonchev–Trinajstić information content (AvgIpc) is 2.59. The Morgan fingerprint density at radius 2 is 1.84 bits per heavy atom. The molecule has 4 nitrogen and oxygen atoms in total. The van der Waals surface area contributed by atoms with Gasteiger partial charge in [0, 0.05) is 18.1 Å². The van der Waals surface area contributed by atoms with Gasteiger partial charge in [-0.2, -0.15) is 0 Å². The van der Waals surface area contributed by atoms with Crippen molar-refractivity contribution in [1.29, 1.82) is 0 Å². The summed E-state index contributed by atoms with van der Waals surface area (Å²) in [7, 11) is 0. The van der Waals surface area contributed by atoms with E-state index in [1.807, 2.05) is 31.2 Å². The molecule has 0 aliphatic carbocycles. The lowest BCUT2D eigenvalue weighted by Gasteiger charge is -2.15. The summed E-state index contributed by atoms with van der Waals surface area (Å²) in [6.07, 6.45) is -0.755. The minimum Gasteiger partial charge on any atom is -0.387 e. The Bertz CT molecular complexity index is 682. The topological polar surface area (TPSA) is 56.7 Å². The minimum atomic E-state index is -0.755. The van der Waals surface area contributed by atoms with Crippen molar-refractivity contribution in [2.45, 2.75) is 19.6 Å². The number of aliphatic imine (C=N–C) groups is 1. The molecule has 0 aliphatic rings. The highest BCUT2D eigenvalue weighted by Crippen LogP contribution is 2.16. The van der Waals surface area contributed by atoms with Crippen LogP contribution in [0.15, 0.2) is 53.5 Å². The van der Waals surface area contributed by atoms with Crippen molar-refractivity contribution in [2.75, 3.05) is 13.1 Å². The summed E-state index contributed by atoms with van der Waals surface area (Å²) in [5.41, 5.74) is 1.57. The second-order valence-corrected chi connectivity index (χ2v) is 5.64. The number of nitrogens with one attached hydrogen (secondary N) is 2. The van der Waals surface area contributed by atoms with Gasteiger partial charge in [0.1, 0.15) is 5.82 Å². The number of aliphatic hydroxyl groups excluding tert-OH is 1. The zero-order valence-corrected chi connectivity index (χ0v) is 17.0. The lowest BCUT2D eigenvalue weighted by Crippen LogP contribution is -2.39. The second-order valence-electron chi connectivity index (χ2n) is 5.23. The van der Waals surface area contributed by atoms with Crippen molar-refractivity contribution >= 4 is 41.5 Å². The van der Waals surface area contributed by atoms with Crippen molar-refractivity contribution in [1.82, 2.24) is 10.6 Å². The summed E-state index contributed by atoms with van der Waals surface area (Å²) in [6, 6.07) is 13.3. The molecule has 1 atom stereocenters. The van der Waals surface area contributed by atoms with Crippen LogP contribution in [0.3, 0.4) is 0 Å². The van der Waals surface area contributed by atoms with Gasteiger partial charge in [0.05, 0.1) is 12.6 Å². The van der Waals surface area contributed by atoms with E-state index in [0.717, 1.165) is 5.56 Å². The van der Waals surface area contributed by atoms with Crippen LogP contribution in [0.5, 0.6) is 0 Å². The largest absolute Gasteiger partial charge is 0.387 e. The van der Waals surface area contributed by atoms with Gasteiger partial charge in [-0.15, -0.1) is 24.0 Å². The summed E-state index contributed by atoms with van der Waals surface area (Å²) in [6.45, 7) is 3.35. The van der Waals surface area contributed by atoms with Crippen molar-refractivity contribution in [3.8, 4) is 0 Å². The number of halogens is 3. The number of aliphatic hydroxyl groups is 1. The van der Waals surface area contributed by atoms with Gasteiger partial charge < -0.3 is 15.7 Å². The molecule has 0 saturated carbocycles. The fourth-order valence-electron chi connectivity index (χ4n) is 2.13. The summed E-state index contributed by atoms with van der Waals surface area (Å²) in [5, 5.41) is 17.0. The molecule has 2 rings (SSSR count). The summed E-state index contributed by atoms with van der Waals surface area (Å²) in [4.78, 5) is 4.46. The highest BCUT2D eigenvalue weighted by atomic mass is 127. The highest BCUT2D eigenvalue weighted by molar-refractivity contribution is 14.0. The van der Waals surface area contributed by atoms with Gasteiger partial charge in [-0.1, -0.05) is 41.9 Å². The van der Waals surface area contributed by atoms with Crippen LogP contribution >= 0.6 is 35.6 Å². The van der Waals surface area contributed by atoms with E-state index >= 15 is 0 Å². The first-order valence-electron chi connectivity index (χ1n) is 7.79. The SMILES string of the molecule is CCNC(=NCc1ccccc1Cl)NCC(O)c1ccc(F)cc1.I. The normalized spacial score (nSPS) is 12.2. The maximum Gasteiger partial charge on any atom is 0.191 e. The van der Waals surface area contributed by atoms with E-state index in [0.29, 0.717) is 29.6 Å². The Morgan fingerprint density at radius 1 is 1.16 bits per heavy atom. The van der Waals surface area contributed by atoms with E-state index in [-0.39, 0.29) is 36.3 Å². The lowest BCUT2D eigenvalue weighted by atomic mass is 10.1. The van der Waals surface area contributed by atoms with Gasteiger partial charge in [-0.3, -0.25) is 0 Å². The number of guanidine groups is 1. The molecule has 0 heterocycles. The molecule has 0 saturated heterocycles. The van der Waals surface area contributed by atoms with Gasteiger partial charge in [0.2, 0.25) is 0 Å². The molecule has 0 bridgehead atoms. The third kappa shape index (κ3) is 7.17. The Kier molecular flexibility index (Phi) is 9.77. The molecule has 0 aliphatic heterocycles. The molecule has 3 N–H and O–H groups in total. The Labute approximate surface area is 169 Å². The first-order chi connectivity index (χ1) is 11.6. The van der Waals surface area contributed by atoms with Crippen LogP contribution in [0.1, 0.15) is 24.2 Å². The number of hydrogen-bond acceptors (Lipinski definition) is 2. The van der Waals surface area contributed by atoms with Crippen LogP contribution in [0.2, 0.25) is 5.02 Å². The first kappa shape index (κ1) is 21.7. The Hall–Kier alpha value is -1.38. The standard InChI is InChI=1S/C18H21ClFN3O.HI/c1-2-21-18(22-11-14-5-3-4-6-16(14)19)23-12-17(24)13-7-9-15(20)10-8-13;/h3-10,17,24H,2,11-12H2,1H3,(H2,21,22,23);1H. The third-order valence-corrected chi connectivity index (χ3v) is 3.80. The van der Waals surface area contributed by atoms with Crippen molar-refractivity contribution < 1.29 is 9.50 Å². The van der Waals surface area contributed by atoms with E-state index < -0.39 is 6.10 Å². The summed E-state index contributed by atoms with van der Waals surface area (Å²) >= 11 is 6.12. The van der Waals surface area contributed by atoms with Crippen molar-refractivity contribution in [3.63, 3.8) is 0 Å². The zero-order chi connectivity index (χ0) is 17.4. The number of hydrogen-bond donors (Lipinski definition) is 3. The summed E-state index contributed by atoms with van der Waals surface area (Å²) < 4.78 is 12.9. The molecular weight excluding hydrogens is 456 g/mol. The Morgan fingerprint density at radius 3 is 2.48 bits per heavy atom. The van der Waals surface area contributed by atoms with Crippen LogP contribution < -0.4 is 10.6 Å². The smallest absolute Gasteiger partial charge is 0.191 e. The lowest BCUT2D eigenvalue weighted by molar-refractivity contribution is 0.180. The third-order valence-electron chi connectivity index (χ3n) is 3.43. The quantitative estimate of drug-likeness (QED) is 0.336. The molecule has 7 heteroatoms. The van der Waals surface area contributed by atoms with Gasteiger partial charge in [0.25, 0.3) is 0 Å². The maximum absolute atomic E-state index is 12.9. The van der Waals surface area contributed by atoms with Gasteiger partial charge in [0.15, 0.2) is 5.96 Å². The van der Waals surface area contributed by atoms with Gasteiger partial charge >= 0.3 is 0 Å². The zero-order valence-electron chi connectivity index (χ0n) is 13.9. The van der Waals surface area contributed by atoms with Crippen LogP contribution in [0, 0.1) is 5.82 Å². The fourth-order valence-corrected chi connectivity index (χ4v) is 2.32. The number of rotatable bonds is 6. The maximum atomic E-state index is 12.9. The molecule has 0 fully saturated rings. The predicted octanol–water partition coefficient (Wildman–Crippen LogP) is 3.89. The Balaban J connectivity index is 0.00000312. The molecule has 1 unspecified atom stereocenters. The number of nitrogens with zero attached hydrogens (tertiary/aromatic N) is 1. The molecule has 0 radical (unpaired) electrons. The van der Waals surface area contributed by atoms with Crippen LogP contribution in [0.4, 0.5) is 4.39 Å². The van der Waals surface area contributed by atoms with E-state index in [2.05, 4.69) is 15.6 Å². The van der Waals surface area contributed by atoms with E-state index in [1.54, 1.807) is 12.1 Å². The van der Waals surface area contributed by atoms with E-state index in [4.69, 9.17) is 11.6 Å². The molecule has 2 aromatic rings. The second kappa shape index (κ2) is 11.3.